The molecule has 0 heterocycles. The summed E-state index contributed by atoms with van der Waals surface area (Å²) in [4.78, 5) is 12.8. The van der Waals surface area contributed by atoms with E-state index in [4.69, 9.17) is 11.6 Å². The van der Waals surface area contributed by atoms with E-state index in [0.717, 1.165) is 16.7 Å². The third-order valence-corrected chi connectivity index (χ3v) is 7.05. The predicted octanol–water partition coefficient (Wildman–Crippen LogP) is 5.51. The first kappa shape index (κ1) is 23.8. The molecule has 2 N–H and O–H groups in total. The summed E-state index contributed by atoms with van der Waals surface area (Å²) in [5, 5.41) is 3.03. The van der Waals surface area contributed by atoms with E-state index in [-0.39, 0.29) is 21.4 Å². The van der Waals surface area contributed by atoms with Gasteiger partial charge in [0.15, 0.2) is 0 Å². The first-order valence-electron chi connectivity index (χ1n) is 10.2. The third kappa shape index (κ3) is 5.90. The summed E-state index contributed by atoms with van der Waals surface area (Å²) in [6.45, 7) is 7.70. The highest BCUT2D eigenvalue weighted by atomic mass is 35.5. The van der Waals surface area contributed by atoms with Crippen LogP contribution in [0.4, 0.5) is 5.69 Å². The van der Waals surface area contributed by atoms with Crippen LogP contribution >= 0.6 is 11.6 Å². The summed E-state index contributed by atoms with van der Waals surface area (Å²) >= 11 is 6.20. The van der Waals surface area contributed by atoms with Gasteiger partial charge >= 0.3 is 0 Å². The van der Waals surface area contributed by atoms with Gasteiger partial charge in [-0.05, 0) is 81.1 Å². The number of halogens is 1. The van der Waals surface area contributed by atoms with Crippen molar-refractivity contribution in [2.45, 2.75) is 44.6 Å². The van der Waals surface area contributed by atoms with Gasteiger partial charge < -0.3 is 5.32 Å². The van der Waals surface area contributed by atoms with Crippen molar-refractivity contribution in [3.8, 4) is 0 Å². The van der Waals surface area contributed by atoms with Crippen LogP contribution in [0.25, 0.3) is 0 Å². The fourth-order valence-corrected chi connectivity index (χ4v) is 4.97. The maximum absolute atomic E-state index is 13.0. The smallest absolute Gasteiger partial charge is 0.263 e. The Morgan fingerprint density at radius 1 is 0.938 bits per heavy atom. The molecule has 7 heteroatoms. The molecule has 0 saturated carbocycles. The van der Waals surface area contributed by atoms with E-state index in [1.165, 1.54) is 18.2 Å². The van der Waals surface area contributed by atoms with Crippen molar-refractivity contribution < 1.29 is 13.2 Å². The molecule has 0 unspecified atom stereocenters. The fourth-order valence-electron chi connectivity index (χ4n) is 3.40. The number of aryl methyl sites for hydroxylation is 2. The van der Waals surface area contributed by atoms with E-state index in [0.29, 0.717) is 12.1 Å². The highest BCUT2D eigenvalue weighted by molar-refractivity contribution is 7.92. The average Bonchev–Trinajstić information content (AvgIpc) is 2.70. The molecule has 0 spiro atoms. The highest BCUT2D eigenvalue weighted by Crippen LogP contribution is 2.26. The lowest BCUT2D eigenvalue weighted by Crippen LogP contribution is -2.45. The van der Waals surface area contributed by atoms with Crippen molar-refractivity contribution in [3.63, 3.8) is 0 Å². The minimum atomic E-state index is -3.98. The van der Waals surface area contributed by atoms with Crippen LogP contribution in [-0.2, 0) is 16.4 Å². The van der Waals surface area contributed by atoms with E-state index in [9.17, 15) is 13.2 Å². The number of benzene rings is 3. The van der Waals surface area contributed by atoms with E-state index in [2.05, 4.69) is 10.0 Å². The number of carbonyl (C=O) groups is 1. The Morgan fingerprint density at radius 2 is 1.62 bits per heavy atom. The SMILES string of the molecule is Cc1ccc(NS(=O)(=O)c2cc(C(=O)NC(C)(C)Cc3ccccc3)ccc2Cl)cc1C. The van der Waals surface area contributed by atoms with Gasteiger partial charge in [0.05, 0.1) is 5.02 Å². The van der Waals surface area contributed by atoms with Gasteiger partial charge in [-0.15, -0.1) is 0 Å². The minimum absolute atomic E-state index is 0.0430. The Labute approximate surface area is 194 Å². The summed E-state index contributed by atoms with van der Waals surface area (Å²) in [6.07, 6.45) is 0.632. The van der Waals surface area contributed by atoms with Gasteiger partial charge in [0.2, 0.25) is 0 Å². The van der Waals surface area contributed by atoms with Gasteiger partial charge in [0.25, 0.3) is 15.9 Å². The number of hydrogen-bond donors (Lipinski definition) is 2. The van der Waals surface area contributed by atoms with Crippen molar-refractivity contribution in [1.29, 1.82) is 0 Å². The molecule has 0 aliphatic carbocycles. The quantitative estimate of drug-likeness (QED) is 0.478. The first-order valence-corrected chi connectivity index (χ1v) is 12.1. The standard InChI is InChI=1S/C25H27ClN2O3S/c1-17-10-12-21(14-18(17)2)28-32(30,31)23-15-20(11-13-22(23)26)24(29)27-25(3,4)16-19-8-6-5-7-9-19/h5-15,28H,16H2,1-4H3,(H,27,29). The van der Waals surface area contributed by atoms with Crippen molar-refractivity contribution in [3.05, 3.63) is 94.0 Å². The molecule has 32 heavy (non-hydrogen) atoms. The second kappa shape index (κ2) is 9.35. The molecule has 3 aromatic rings. The number of rotatable bonds is 7. The van der Waals surface area contributed by atoms with Crippen LogP contribution in [0.2, 0.25) is 5.02 Å². The Morgan fingerprint density at radius 3 is 2.28 bits per heavy atom. The van der Waals surface area contributed by atoms with Crippen molar-refractivity contribution >= 4 is 33.2 Å². The molecule has 0 bridgehead atoms. The van der Waals surface area contributed by atoms with E-state index in [1.54, 1.807) is 12.1 Å². The molecule has 5 nitrogen and oxygen atoms in total. The maximum Gasteiger partial charge on any atom is 0.263 e. The van der Waals surface area contributed by atoms with Crippen LogP contribution < -0.4 is 10.0 Å². The molecular formula is C25H27ClN2O3S. The lowest BCUT2D eigenvalue weighted by atomic mass is 9.94. The molecule has 0 aromatic heterocycles. The topological polar surface area (TPSA) is 75.3 Å². The zero-order valence-electron chi connectivity index (χ0n) is 18.6. The first-order chi connectivity index (χ1) is 15.0. The molecule has 0 aliphatic heterocycles. The molecule has 3 aromatic carbocycles. The van der Waals surface area contributed by atoms with Crippen LogP contribution in [0.15, 0.2) is 71.6 Å². The second-order valence-corrected chi connectivity index (χ2v) is 10.6. The van der Waals surface area contributed by atoms with Crippen LogP contribution in [0.5, 0.6) is 0 Å². The third-order valence-electron chi connectivity index (χ3n) is 5.18. The normalized spacial score (nSPS) is 11.8. The van der Waals surface area contributed by atoms with Crippen LogP contribution in [0.3, 0.4) is 0 Å². The number of carbonyl (C=O) groups excluding carboxylic acids is 1. The lowest BCUT2D eigenvalue weighted by Gasteiger charge is -2.26. The fraction of sp³-hybridized carbons (Fsp3) is 0.240. The van der Waals surface area contributed by atoms with Crippen LogP contribution in [-0.4, -0.2) is 19.9 Å². The van der Waals surface area contributed by atoms with Gasteiger partial charge in [-0.25, -0.2) is 8.42 Å². The monoisotopic (exact) mass is 470 g/mol. The molecule has 1 amide bonds. The van der Waals surface area contributed by atoms with Crippen LogP contribution in [0.1, 0.15) is 40.9 Å². The van der Waals surface area contributed by atoms with Gasteiger partial charge in [0.1, 0.15) is 4.90 Å². The number of amides is 1. The number of anilines is 1. The maximum atomic E-state index is 13.0. The molecule has 3 rings (SSSR count). The van der Waals surface area contributed by atoms with Gasteiger partial charge in [0, 0.05) is 16.8 Å². The Bertz CT molecular complexity index is 1240. The van der Waals surface area contributed by atoms with Gasteiger partial charge in [-0.3, -0.25) is 9.52 Å². The average molecular weight is 471 g/mol. The Hall–Kier alpha value is -2.83. The Kier molecular flexibility index (Phi) is 6.96. The molecule has 0 aliphatic rings. The van der Waals surface area contributed by atoms with Crippen LogP contribution in [0, 0.1) is 13.8 Å². The number of sulfonamides is 1. The predicted molar refractivity (Wildman–Crippen MR) is 130 cm³/mol. The van der Waals surface area contributed by atoms with Crippen molar-refractivity contribution in [2.24, 2.45) is 0 Å². The highest BCUT2D eigenvalue weighted by Gasteiger charge is 2.24. The van der Waals surface area contributed by atoms with E-state index < -0.39 is 15.6 Å². The van der Waals surface area contributed by atoms with Gasteiger partial charge in [-0.2, -0.15) is 0 Å². The number of hydrogen-bond acceptors (Lipinski definition) is 3. The molecule has 0 atom stereocenters. The van der Waals surface area contributed by atoms with E-state index in [1.807, 2.05) is 64.1 Å². The zero-order chi connectivity index (χ0) is 23.5. The van der Waals surface area contributed by atoms with E-state index >= 15 is 0 Å². The summed E-state index contributed by atoms with van der Waals surface area (Å²) in [7, 11) is -3.98. The number of nitrogens with one attached hydrogen (secondary N) is 2. The summed E-state index contributed by atoms with van der Waals surface area (Å²) in [5.74, 6) is -0.370. The summed E-state index contributed by atoms with van der Waals surface area (Å²) in [5.41, 5.74) is 3.23. The molecular weight excluding hydrogens is 444 g/mol. The second-order valence-electron chi connectivity index (χ2n) is 8.55. The Balaban J connectivity index is 1.82. The lowest BCUT2D eigenvalue weighted by molar-refractivity contribution is 0.0913. The van der Waals surface area contributed by atoms with Crippen molar-refractivity contribution in [2.75, 3.05) is 4.72 Å². The molecule has 0 radical (unpaired) electrons. The summed E-state index contributed by atoms with van der Waals surface area (Å²) < 4.78 is 28.5. The minimum Gasteiger partial charge on any atom is -0.347 e. The summed E-state index contributed by atoms with van der Waals surface area (Å²) in [6, 6.07) is 19.4. The molecule has 0 saturated heterocycles. The zero-order valence-corrected chi connectivity index (χ0v) is 20.1. The largest absolute Gasteiger partial charge is 0.347 e. The molecule has 168 valence electrons. The van der Waals surface area contributed by atoms with Crippen molar-refractivity contribution in [1.82, 2.24) is 5.32 Å². The van der Waals surface area contributed by atoms with Gasteiger partial charge in [-0.1, -0.05) is 48.0 Å². The molecule has 0 fully saturated rings.